The Morgan fingerprint density at radius 2 is 1.16 bits per heavy atom. The Hall–Kier alpha value is -3.25. The van der Waals surface area contributed by atoms with E-state index in [1.807, 2.05) is 73.7 Å². The average molecular weight is 513 g/mol. The number of hydrogen-bond donors (Lipinski definition) is 2. The highest BCUT2D eigenvalue weighted by Crippen LogP contribution is 2.31. The molecule has 4 rings (SSSR count). The monoisotopic (exact) mass is 512 g/mol. The third-order valence-corrected chi connectivity index (χ3v) is 8.07. The summed E-state index contributed by atoms with van der Waals surface area (Å²) >= 11 is 0. The fraction of sp³-hybridized carbons (Fsp3) is 0.250. The van der Waals surface area contributed by atoms with Crippen molar-refractivity contribution in [2.24, 2.45) is 0 Å². The molecular formula is C32H36N2O2S. The highest BCUT2D eigenvalue weighted by molar-refractivity contribution is 7.89. The van der Waals surface area contributed by atoms with Gasteiger partial charge in [0.15, 0.2) is 0 Å². The van der Waals surface area contributed by atoms with Gasteiger partial charge in [0, 0.05) is 0 Å². The van der Waals surface area contributed by atoms with Gasteiger partial charge in [-0.3, -0.25) is 0 Å². The van der Waals surface area contributed by atoms with Crippen molar-refractivity contribution in [3.63, 3.8) is 0 Å². The first kappa shape index (κ1) is 26.8. The number of aryl methyl sites for hydroxylation is 2. The lowest BCUT2D eigenvalue weighted by molar-refractivity contribution is 0.416. The van der Waals surface area contributed by atoms with Crippen LogP contribution in [0.4, 0.5) is 0 Å². The molecule has 0 aliphatic heterocycles. The van der Waals surface area contributed by atoms with E-state index in [1.165, 1.54) is 5.56 Å². The minimum absolute atomic E-state index is 0.224. The smallest absolute Gasteiger partial charge is 0.241 e. The molecule has 0 unspecified atom stereocenters. The molecule has 0 radical (unpaired) electrons. The van der Waals surface area contributed by atoms with Crippen LogP contribution < -0.4 is 10.0 Å². The van der Waals surface area contributed by atoms with Gasteiger partial charge in [-0.2, -0.15) is 0 Å². The first-order valence-corrected chi connectivity index (χ1v) is 14.5. The van der Waals surface area contributed by atoms with E-state index in [0.717, 1.165) is 48.9 Å². The second-order valence-corrected chi connectivity index (χ2v) is 11.2. The van der Waals surface area contributed by atoms with Crippen LogP contribution in [-0.4, -0.2) is 15.0 Å². The summed E-state index contributed by atoms with van der Waals surface area (Å²) in [5.74, 6) is 0. The SMILES string of the molecule is Cc1ccc(S(=O)(=O)N[C@H](c2ccccc2)[C@@H](NCCCCCc2ccccc2)c2ccccc2)cc1. The first-order chi connectivity index (χ1) is 18.0. The molecule has 0 aliphatic carbocycles. The van der Waals surface area contributed by atoms with Gasteiger partial charge in [-0.05, 0) is 61.6 Å². The number of rotatable bonds is 13. The van der Waals surface area contributed by atoms with Gasteiger partial charge in [-0.1, -0.05) is 115 Å². The van der Waals surface area contributed by atoms with Crippen molar-refractivity contribution in [1.29, 1.82) is 0 Å². The van der Waals surface area contributed by atoms with Gasteiger partial charge in [-0.25, -0.2) is 13.1 Å². The minimum atomic E-state index is -3.74. The fourth-order valence-electron chi connectivity index (χ4n) is 4.56. The number of unbranched alkanes of at least 4 members (excludes halogenated alkanes) is 2. The van der Waals surface area contributed by atoms with Crippen LogP contribution in [-0.2, 0) is 16.4 Å². The number of hydrogen-bond acceptors (Lipinski definition) is 3. The Labute approximate surface area is 221 Å². The molecule has 4 aromatic carbocycles. The lowest BCUT2D eigenvalue weighted by atomic mass is 9.94. The van der Waals surface area contributed by atoms with Gasteiger partial charge in [0.1, 0.15) is 0 Å². The van der Waals surface area contributed by atoms with Gasteiger partial charge in [0.25, 0.3) is 0 Å². The third kappa shape index (κ3) is 7.86. The fourth-order valence-corrected chi connectivity index (χ4v) is 5.80. The second-order valence-electron chi connectivity index (χ2n) is 9.46. The summed E-state index contributed by atoms with van der Waals surface area (Å²) in [5.41, 5.74) is 4.36. The standard InChI is InChI=1S/C32H36N2O2S/c1-26-21-23-30(24-22-26)37(35,36)34-32(29-19-11-4-12-20-29)31(28-17-9-3-10-18-28)33-25-13-5-8-16-27-14-6-2-7-15-27/h2-4,6-7,9-12,14-15,17-24,31-34H,5,8,13,16,25H2,1H3/t31-,32+/m0/s1. The molecule has 0 amide bonds. The lowest BCUT2D eigenvalue weighted by Gasteiger charge is -2.30. The maximum absolute atomic E-state index is 13.5. The minimum Gasteiger partial charge on any atom is -0.308 e. The number of nitrogens with one attached hydrogen (secondary N) is 2. The zero-order valence-corrected chi connectivity index (χ0v) is 22.2. The van der Waals surface area contributed by atoms with Crippen LogP contribution in [0.15, 0.2) is 120 Å². The lowest BCUT2D eigenvalue weighted by Crippen LogP contribution is -2.39. The maximum Gasteiger partial charge on any atom is 0.241 e. The van der Waals surface area contributed by atoms with Crippen LogP contribution in [0, 0.1) is 6.92 Å². The molecule has 37 heavy (non-hydrogen) atoms. The molecule has 2 atom stereocenters. The Kier molecular flexibility index (Phi) is 9.66. The summed E-state index contributed by atoms with van der Waals surface area (Å²) in [6.45, 7) is 2.75. The molecule has 0 saturated heterocycles. The van der Waals surface area contributed by atoms with E-state index in [0.29, 0.717) is 0 Å². The van der Waals surface area contributed by atoms with Crippen LogP contribution in [0.1, 0.15) is 53.6 Å². The van der Waals surface area contributed by atoms with Gasteiger partial charge >= 0.3 is 0 Å². The van der Waals surface area contributed by atoms with Crippen LogP contribution in [0.2, 0.25) is 0 Å². The Bertz CT molecular complexity index is 1310. The zero-order chi connectivity index (χ0) is 25.9. The second kappa shape index (κ2) is 13.3. The predicted octanol–water partition coefficient (Wildman–Crippen LogP) is 6.76. The summed E-state index contributed by atoms with van der Waals surface area (Å²) in [6.07, 6.45) is 4.33. The van der Waals surface area contributed by atoms with Gasteiger partial charge in [0.05, 0.1) is 17.0 Å². The van der Waals surface area contributed by atoms with Crippen LogP contribution in [0.25, 0.3) is 0 Å². The molecule has 0 bridgehead atoms. The van der Waals surface area contributed by atoms with E-state index in [-0.39, 0.29) is 10.9 Å². The molecule has 192 valence electrons. The van der Waals surface area contributed by atoms with Crippen molar-refractivity contribution in [3.8, 4) is 0 Å². The highest BCUT2D eigenvalue weighted by atomic mass is 32.2. The Morgan fingerprint density at radius 1 is 0.622 bits per heavy atom. The molecule has 4 nitrogen and oxygen atoms in total. The summed E-state index contributed by atoms with van der Waals surface area (Å²) in [7, 11) is -3.74. The summed E-state index contributed by atoms with van der Waals surface area (Å²) in [5, 5.41) is 3.69. The van der Waals surface area contributed by atoms with E-state index >= 15 is 0 Å². The van der Waals surface area contributed by atoms with Crippen molar-refractivity contribution in [2.75, 3.05) is 6.54 Å². The van der Waals surface area contributed by atoms with E-state index in [1.54, 1.807) is 12.1 Å². The van der Waals surface area contributed by atoms with Crippen molar-refractivity contribution >= 4 is 10.0 Å². The number of sulfonamides is 1. The molecule has 0 aliphatic rings. The van der Waals surface area contributed by atoms with Crippen LogP contribution >= 0.6 is 0 Å². The topological polar surface area (TPSA) is 58.2 Å². The third-order valence-electron chi connectivity index (χ3n) is 6.61. The van der Waals surface area contributed by atoms with Gasteiger partial charge in [-0.15, -0.1) is 0 Å². The highest BCUT2D eigenvalue weighted by Gasteiger charge is 2.29. The molecule has 0 fully saturated rings. The summed E-state index contributed by atoms with van der Waals surface area (Å²) in [4.78, 5) is 0.270. The van der Waals surface area contributed by atoms with Gasteiger partial charge in [0.2, 0.25) is 10.0 Å². The van der Waals surface area contributed by atoms with Crippen molar-refractivity contribution in [2.45, 2.75) is 49.6 Å². The zero-order valence-electron chi connectivity index (χ0n) is 21.4. The molecule has 2 N–H and O–H groups in total. The number of benzene rings is 4. The summed E-state index contributed by atoms with van der Waals surface area (Å²) in [6, 6.07) is 36.8. The predicted molar refractivity (Wildman–Crippen MR) is 152 cm³/mol. The van der Waals surface area contributed by atoms with Crippen molar-refractivity contribution < 1.29 is 8.42 Å². The quantitative estimate of drug-likeness (QED) is 0.195. The first-order valence-electron chi connectivity index (χ1n) is 13.0. The largest absolute Gasteiger partial charge is 0.308 e. The van der Waals surface area contributed by atoms with Gasteiger partial charge < -0.3 is 5.32 Å². The van der Waals surface area contributed by atoms with E-state index in [2.05, 4.69) is 46.4 Å². The molecule has 0 saturated carbocycles. The molecule has 4 aromatic rings. The van der Waals surface area contributed by atoms with Crippen molar-refractivity contribution in [3.05, 3.63) is 138 Å². The van der Waals surface area contributed by atoms with E-state index in [9.17, 15) is 8.42 Å². The molecule has 0 aromatic heterocycles. The maximum atomic E-state index is 13.5. The Morgan fingerprint density at radius 3 is 1.76 bits per heavy atom. The molecule has 5 heteroatoms. The Balaban J connectivity index is 1.51. The normalized spacial score (nSPS) is 13.2. The van der Waals surface area contributed by atoms with E-state index < -0.39 is 16.1 Å². The molecular weight excluding hydrogens is 476 g/mol. The van der Waals surface area contributed by atoms with Crippen LogP contribution in [0.3, 0.4) is 0 Å². The van der Waals surface area contributed by atoms with Crippen LogP contribution in [0.5, 0.6) is 0 Å². The molecule has 0 spiro atoms. The molecule has 0 heterocycles. The summed E-state index contributed by atoms with van der Waals surface area (Å²) < 4.78 is 30.0. The average Bonchev–Trinajstić information content (AvgIpc) is 2.93. The van der Waals surface area contributed by atoms with E-state index in [4.69, 9.17) is 0 Å². The van der Waals surface area contributed by atoms with Crippen molar-refractivity contribution in [1.82, 2.24) is 10.0 Å².